The second-order valence-corrected chi connectivity index (χ2v) is 4.46. The third kappa shape index (κ3) is 2.77. The van der Waals surface area contributed by atoms with Crippen LogP contribution in [-0.2, 0) is 0 Å². The van der Waals surface area contributed by atoms with Crippen LogP contribution in [-0.4, -0.2) is 49.4 Å². The Balaban J connectivity index is 2.07. The molecule has 0 atom stereocenters. The number of rotatable bonds is 4. The summed E-state index contributed by atoms with van der Waals surface area (Å²) in [5.41, 5.74) is 0.869. The molecule has 2 N–H and O–H groups in total. The van der Waals surface area contributed by atoms with Gasteiger partial charge in [-0.05, 0) is 6.07 Å². The number of anilines is 1. The van der Waals surface area contributed by atoms with Gasteiger partial charge in [-0.15, -0.1) is 0 Å². The molecule has 1 saturated heterocycles. The van der Waals surface area contributed by atoms with Crippen LogP contribution >= 0.6 is 0 Å². The summed E-state index contributed by atoms with van der Waals surface area (Å²) in [6.07, 6.45) is 0. The van der Waals surface area contributed by atoms with Crippen molar-refractivity contribution in [2.24, 2.45) is 0 Å². The molecule has 1 aliphatic heterocycles. The fraction of sp³-hybridized carbons (Fsp3) is 0.500. The molecule has 98 valence electrons. The number of aliphatic hydroxyl groups excluding tert-OH is 1. The number of hydrogen-bond donors (Lipinski definition) is 2. The number of quaternary nitrogens is 1. The molecule has 2 rings (SSSR count). The maximum atomic E-state index is 11.0. The lowest BCUT2D eigenvalue weighted by molar-refractivity contribution is -0.900. The van der Waals surface area contributed by atoms with E-state index in [4.69, 9.17) is 5.11 Å². The van der Waals surface area contributed by atoms with E-state index < -0.39 is 0 Å². The van der Waals surface area contributed by atoms with Gasteiger partial charge < -0.3 is 14.9 Å². The molecule has 6 heteroatoms. The summed E-state index contributed by atoms with van der Waals surface area (Å²) in [6, 6.07) is 6.86. The van der Waals surface area contributed by atoms with Crippen LogP contribution in [0.25, 0.3) is 0 Å². The summed E-state index contributed by atoms with van der Waals surface area (Å²) in [5, 5.41) is 19.9. The molecule has 18 heavy (non-hydrogen) atoms. The van der Waals surface area contributed by atoms with Gasteiger partial charge in [0, 0.05) is 6.07 Å². The smallest absolute Gasteiger partial charge is 0.292 e. The van der Waals surface area contributed by atoms with E-state index in [1.807, 2.05) is 6.07 Å². The van der Waals surface area contributed by atoms with Crippen LogP contribution in [0.2, 0.25) is 0 Å². The number of nitro groups is 1. The molecule has 1 heterocycles. The molecular weight excluding hydrogens is 234 g/mol. The minimum absolute atomic E-state index is 0.170. The highest BCUT2D eigenvalue weighted by Crippen LogP contribution is 2.27. The molecule has 6 nitrogen and oxygen atoms in total. The van der Waals surface area contributed by atoms with Crippen LogP contribution in [0.15, 0.2) is 24.3 Å². The monoisotopic (exact) mass is 252 g/mol. The fourth-order valence-electron chi connectivity index (χ4n) is 2.36. The number of benzene rings is 1. The molecule has 0 unspecified atom stereocenters. The van der Waals surface area contributed by atoms with Gasteiger partial charge in [0.1, 0.15) is 12.2 Å². The number of hydrogen-bond acceptors (Lipinski definition) is 4. The van der Waals surface area contributed by atoms with Crippen molar-refractivity contribution in [1.82, 2.24) is 0 Å². The van der Waals surface area contributed by atoms with Gasteiger partial charge in [-0.25, -0.2) is 0 Å². The van der Waals surface area contributed by atoms with E-state index in [1.165, 1.54) is 4.90 Å². The largest absolute Gasteiger partial charge is 0.391 e. The van der Waals surface area contributed by atoms with Crippen LogP contribution in [0.4, 0.5) is 11.4 Å². The van der Waals surface area contributed by atoms with Crippen molar-refractivity contribution < 1.29 is 14.9 Å². The standard InChI is InChI=1S/C12H17N3O3/c16-10-9-13-5-7-14(8-6-13)11-3-1-2-4-12(11)15(17)18/h1-4,16H,5-10H2/p+1. The normalized spacial score (nSPS) is 16.8. The second-order valence-electron chi connectivity index (χ2n) is 4.46. The Hall–Kier alpha value is -1.66. The van der Waals surface area contributed by atoms with Crippen molar-refractivity contribution in [3.63, 3.8) is 0 Å². The van der Waals surface area contributed by atoms with Gasteiger partial charge in [0.05, 0.1) is 37.7 Å². The highest BCUT2D eigenvalue weighted by Gasteiger charge is 2.24. The summed E-state index contributed by atoms with van der Waals surface area (Å²) < 4.78 is 0. The predicted octanol–water partition coefficient (Wildman–Crippen LogP) is -0.708. The molecule has 0 bridgehead atoms. The van der Waals surface area contributed by atoms with Crippen molar-refractivity contribution in [2.45, 2.75) is 0 Å². The van der Waals surface area contributed by atoms with Crippen molar-refractivity contribution in [3.05, 3.63) is 34.4 Å². The van der Waals surface area contributed by atoms with E-state index in [0.717, 1.165) is 32.7 Å². The second kappa shape index (κ2) is 5.79. The maximum absolute atomic E-state index is 11.0. The average Bonchev–Trinajstić information content (AvgIpc) is 2.40. The Bertz CT molecular complexity index is 417. The van der Waals surface area contributed by atoms with E-state index in [-0.39, 0.29) is 17.2 Å². The SMILES string of the molecule is O=[N+]([O-])c1ccccc1N1CC[NH+](CCO)CC1. The topological polar surface area (TPSA) is 71.0 Å². The highest BCUT2D eigenvalue weighted by molar-refractivity contribution is 5.63. The van der Waals surface area contributed by atoms with E-state index in [2.05, 4.69) is 4.90 Å². The van der Waals surface area contributed by atoms with Gasteiger partial charge in [-0.1, -0.05) is 12.1 Å². The summed E-state index contributed by atoms with van der Waals surface area (Å²) in [7, 11) is 0. The lowest BCUT2D eigenvalue weighted by Gasteiger charge is -2.33. The predicted molar refractivity (Wildman–Crippen MR) is 68.0 cm³/mol. The van der Waals surface area contributed by atoms with Crippen LogP contribution in [0.3, 0.4) is 0 Å². The number of nitrogens with zero attached hydrogens (tertiary/aromatic N) is 2. The minimum Gasteiger partial charge on any atom is -0.391 e. The number of piperazine rings is 1. The molecule has 1 aliphatic rings. The molecule has 0 amide bonds. The zero-order valence-corrected chi connectivity index (χ0v) is 10.2. The summed E-state index contributed by atoms with van der Waals surface area (Å²) in [6.45, 7) is 4.35. The van der Waals surface area contributed by atoms with Crippen LogP contribution in [0.5, 0.6) is 0 Å². The first-order valence-corrected chi connectivity index (χ1v) is 6.15. The Morgan fingerprint density at radius 3 is 2.61 bits per heavy atom. The van der Waals surface area contributed by atoms with Gasteiger partial charge >= 0.3 is 0 Å². The van der Waals surface area contributed by atoms with Gasteiger partial charge in [0.15, 0.2) is 0 Å². The highest BCUT2D eigenvalue weighted by atomic mass is 16.6. The average molecular weight is 252 g/mol. The van der Waals surface area contributed by atoms with Gasteiger partial charge in [0.25, 0.3) is 5.69 Å². The lowest BCUT2D eigenvalue weighted by Crippen LogP contribution is -3.15. The molecule has 0 spiro atoms. The van der Waals surface area contributed by atoms with Crippen LogP contribution in [0.1, 0.15) is 0 Å². The molecule has 1 aromatic rings. The first-order chi connectivity index (χ1) is 8.72. The zero-order valence-electron chi connectivity index (χ0n) is 10.2. The Morgan fingerprint density at radius 1 is 1.33 bits per heavy atom. The lowest BCUT2D eigenvalue weighted by atomic mass is 10.2. The van der Waals surface area contributed by atoms with Crippen molar-refractivity contribution in [2.75, 3.05) is 44.2 Å². The number of para-hydroxylation sites is 2. The number of nitrogens with one attached hydrogen (secondary N) is 1. The first-order valence-electron chi connectivity index (χ1n) is 6.15. The first kappa shape index (κ1) is 12.8. The van der Waals surface area contributed by atoms with E-state index in [1.54, 1.807) is 18.2 Å². The Labute approximate surface area is 106 Å². The third-order valence-corrected chi connectivity index (χ3v) is 3.36. The molecular formula is C12H18N3O3+. The van der Waals surface area contributed by atoms with Gasteiger partial charge in [-0.2, -0.15) is 0 Å². The quantitative estimate of drug-likeness (QED) is 0.549. The van der Waals surface area contributed by atoms with Crippen molar-refractivity contribution in [3.8, 4) is 0 Å². The molecule has 0 radical (unpaired) electrons. The Morgan fingerprint density at radius 2 is 2.00 bits per heavy atom. The van der Waals surface area contributed by atoms with E-state index in [0.29, 0.717) is 5.69 Å². The number of nitro benzene ring substituents is 1. The minimum atomic E-state index is -0.331. The molecule has 1 aromatic carbocycles. The van der Waals surface area contributed by atoms with Gasteiger partial charge in [-0.3, -0.25) is 10.1 Å². The molecule has 0 aliphatic carbocycles. The Kier molecular flexibility index (Phi) is 4.11. The fourth-order valence-corrected chi connectivity index (χ4v) is 2.36. The molecule has 0 saturated carbocycles. The third-order valence-electron chi connectivity index (χ3n) is 3.36. The zero-order chi connectivity index (χ0) is 13.0. The van der Waals surface area contributed by atoms with Crippen molar-refractivity contribution >= 4 is 11.4 Å². The van der Waals surface area contributed by atoms with Crippen molar-refractivity contribution in [1.29, 1.82) is 0 Å². The molecule has 1 fully saturated rings. The molecule has 0 aromatic heterocycles. The maximum Gasteiger partial charge on any atom is 0.292 e. The van der Waals surface area contributed by atoms with Gasteiger partial charge in [0.2, 0.25) is 0 Å². The van der Waals surface area contributed by atoms with E-state index in [9.17, 15) is 10.1 Å². The van der Waals surface area contributed by atoms with E-state index >= 15 is 0 Å². The van der Waals surface area contributed by atoms with Crippen LogP contribution < -0.4 is 9.80 Å². The summed E-state index contributed by atoms with van der Waals surface area (Å²) in [4.78, 5) is 14.0. The van der Waals surface area contributed by atoms with Crippen LogP contribution in [0, 0.1) is 10.1 Å². The number of aliphatic hydroxyl groups is 1. The summed E-state index contributed by atoms with van der Waals surface area (Å²) in [5.74, 6) is 0. The summed E-state index contributed by atoms with van der Waals surface area (Å²) >= 11 is 0.